The predicted molar refractivity (Wildman–Crippen MR) is 58.4 cm³/mol. The third-order valence-electron chi connectivity index (χ3n) is 2.87. The smallest absolute Gasteiger partial charge is 0.371 e. The molecule has 1 aromatic rings. The van der Waals surface area contributed by atoms with E-state index < -0.39 is 5.97 Å². The Bertz CT molecular complexity index is 375. The van der Waals surface area contributed by atoms with E-state index >= 15 is 0 Å². The Morgan fingerprint density at radius 2 is 2.50 bits per heavy atom. The molecule has 88 valence electrons. The van der Waals surface area contributed by atoms with Crippen molar-refractivity contribution in [3.63, 3.8) is 0 Å². The Labute approximate surface area is 94.0 Å². The average Bonchev–Trinajstić information content (AvgIpc) is 2.70. The summed E-state index contributed by atoms with van der Waals surface area (Å²) in [4.78, 5) is 12.9. The van der Waals surface area contributed by atoms with Gasteiger partial charge in [-0.15, -0.1) is 0 Å². The normalized spacial score (nSPS) is 22.2. The quantitative estimate of drug-likeness (QED) is 0.794. The fourth-order valence-corrected chi connectivity index (χ4v) is 1.90. The minimum atomic E-state index is -1.01. The van der Waals surface area contributed by atoms with Crippen LogP contribution in [0.1, 0.15) is 23.2 Å². The van der Waals surface area contributed by atoms with Gasteiger partial charge in [-0.25, -0.2) is 4.79 Å². The van der Waals surface area contributed by atoms with Gasteiger partial charge in [-0.3, -0.25) is 4.90 Å². The van der Waals surface area contributed by atoms with Gasteiger partial charge in [-0.05, 0) is 19.1 Å². The van der Waals surface area contributed by atoms with Crippen LogP contribution in [0.5, 0.6) is 0 Å². The second kappa shape index (κ2) is 4.67. The molecule has 1 saturated heterocycles. The Balaban J connectivity index is 1.99. The van der Waals surface area contributed by atoms with E-state index in [9.17, 15) is 4.79 Å². The van der Waals surface area contributed by atoms with Crippen molar-refractivity contribution in [3.05, 3.63) is 23.7 Å². The molecule has 1 atom stereocenters. The molecule has 0 radical (unpaired) electrons. The first-order chi connectivity index (χ1) is 7.66. The second-order valence-electron chi connectivity index (χ2n) is 4.09. The Morgan fingerprint density at radius 3 is 3.12 bits per heavy atom. The molecule has 16 heavy (non-hydrogen) atoms. The van der Waals surface area contributed by atoms with E-state index in [4.69, 9.17) is 9.52 Å². The molecule has 5 nitrogen and oxygen atoms in total. The fourth-order valence-electron chi connectivity index (χ4n) is 1.90. The summed E-state index contributed by atoms with van der Waals surface area (Å²) in [6.07, 6.45) is 0. The topological polar surface area (TPSA) is 65.7 Å². The van der Waals surface area contributed by atoms with Crippen molar-refractivity contribution in [1.82, 2.24) is 10.2 Å². The maximum atomic E-state index is 10.7. The first-order valence-corrected chi connectivity index (χ1v) is 5.43. The van der Waals surface area contributed by atoms with Crippen LogP contribution in [0.25, 0.3) is 0 Å². The minimum Gasteiger partial charge on any atom is -0.475 e. The summed E-state index contributed by atoms with van der Waals surface area (Å²) in [6, 6.07) is 3.69. The summed E-state index contributed by atoms with van der Waals surface area (Å²) in [7, 11) is 0. The van der Waals surface area contributed by atoms with Crippen LogP contribution in [0.4, 0.5) is 0 Å². The van der Waals surface area contributed by atoms with Gasteiger partial charge in [-0.1, -0.05) is 0 Å². The number of nitrogens with one attached hydrogen (secondary N) is 1. The van der Waals surface area contributed by atoms with Crippen LogP contribution in [0.2, 0.25) is 0 Å². The molecular formula is C11H16N2O3. The lowest BCUT2D eigenvalue weighted by atomic mass is 10.2. The van der Waals surface area contributed by atoms with Crippen molar-refractivity contribution in [3.8, 4) is 0 Å². The van der Waals surface area contributed by atoms with Gasteiger partial charge in [-0.2, -0.15) is 0 Å². The highest BCUT2D eigenvalue weighted by Crippen LogP contribution is 2.13. The second-order valence-corrected chi connectivity index (χ2v) is 4.09. The highest BCUT2D eigenvalue weighted by Gasteiger charge is 2.19. The van der Waals surface area contributed by atoms with Crippen LogP contribution in [0, 0.1) is 0 Å². The van der Waals surface area contributed by atoms with Gasteiger partial charge in [0, 0.05) is 25.7 Å². The molecule has 0 spiro atoms. The van der Waals surface area contributed by atoms with E-state index in [2.05, 4.69) is 17.1 Å². The highest BCUT2D eigenvalue weighted by atomic mass is 16.4. The van der Waals surface area contributed by atoms with Gasteiger partial charge < -0.3 is 14.8 Å². The zero-order valence-corrected chi connectivity index (χ0v) is 9.27. The lowest BCUT2D eigenvalue weighted by Gasteiger charge is -2.33. The van der Waals surface area contributed by atoms with Crippen molar-refractivity contribution in [2.45, 2.75) is 19.5 Å². The molecule has 0 aromatic carbocycles. The molecule has 1 fully saturated rings. The largest absolute Gasteiger partial charge is 0.475 e. The molecule has 1 aliphatic heterocycles. The van der Waals surface area contributed by atoms with Crippen LogP contribution in [0.3, 0.4) is 0 Å². The van der Waals surface area contributed by atoms with E-state index in [1.165, 1.54) is 6.07 Å². The maximum absolute atomic E-state index is 10.7. The number of furan rings is 1. The van der Waals surface area contributed by atoms with E-state index in [-0.39, 0.29) is 5.76 Å². The molecule has 0 aliphatic carbocycles. The number of nitrogens with zero attached hydrogens (tertiary/aromatic N) is 1. The van der Waals surface area contributed by atoms with Crippen LogP contribution >= 0.6 is 0 Å². The molecular weight excluding hydrogens is 208 g/mol. The number of carboxylic acid groups (broad SMARTS) is 1. The molecule has 2 rings (SSSR count). The van der Waals surface area contributed by atoms with Crippen LogP contribution in [-0.4, -0.2) is 41.7 Å². The lowest BCUT2D eigenvalue weighted by molar-refractivity contribution is 0.0656. The van der Waals surface area contributed by atoms with Crippen molar-refractivity contribution in [1.29, 1.82) is 0 Å². The standard InChI is InChI=1S/C11H16N2O3/c1-8-6-12-4-5-13(8)7-9-2-3-10(16-9)11(14)15/h2-3,8,12H,4-7H2,1H3,(H,14,15)/t8-/m1/s1. The molecule has 0 amide bonds. The Hall–Kier alpha value is -1.33. The first kappa shape index (κ1) is 11.2. The summed E-state index contributed by atoms with van der Waals surface area (Å²) in [5.74, 6) is -0.288. The predicted octanol–water partition coefficient (Wildman–Crippen LogP) is 0.771. The molecule has 2 heterocycles. The third-order valence-corrected chi connectivity index (χ3v) is 2.87. The van der Waals surface area contributed by atoms with Crippen LogP contribution < -0.4 is 5.32 Å². The summed E-state index contributed by atoms with van der Waals surface area (Å²) in [6.45, 7) is 5.72. The minimum absolute atomic E-state index is 0.0118. The summed E-state index contributed by atoms with van der Waals surface area (Å²) >= 11 is 0. The van der Waals surface area contributed by atoms with Crippen molar-refractivity contribution < 1.29 is 14.3 Å². The van der Waals surface area contributed by atoms with Crippen molar-refractivity contribution in [2.75, 3.05) is 19.6 Å². The highest BCUT2D eigenvalue weighted by molar-refractivity contribution is 5.84. The lowest BCUT2D eigenvalue weighted by Crippen LogP contribution is -2.49. The van der Waals surface area contributed by atoms with E-state index in [1.807, 2.05) is 0 Å². The van der Waals surface area contributed by atoms with Crippen LogP contribution in [0.15, 0.2) is 16.5 Å². The maximum Gasteiger partial charge on any atom is 0.371 e. The molecule has 0 unspecified atom stereocenters. The summed E-state index contributed by atoms with van der Waals surface area (Å²) in [5, 5.41) is 12.0. The van der Waals surface area contributed by atoms with Gasteiger partial charge in [0.05, 0.1) is 6.54 Å². The number of carboxylic acids is 1. The molecule has 0 saturated carbocycles. The number of aromatic carboxylic acids is 1. The van der Waals surface area contributed by atoms with Gasteiger partial charge in [0.25, 0.3) is 0 Å². The third kappa shape index (κ3) is 2.43. The fraction of sp³-hybridized carbons (Fsp3) is 0.545. The molecule has 2 N–H and O–H groups in total. The van der Waals surface area contributed by atoms with Crippen molar-refractivity contribution >= 4 is 5.97 Å². The number of hydrogen-bond donors (Lipinski definition) is 2. The van der Waals surface area contributed by atoms with Gasteiger partial charge in [0.15, 0.2) is 0 Å². The van der Waals surface area contributed by atoms with Crippen molar-refractivity contribution in [2.24, 2.45) is 0 Å². The molecule has 0 bridgehead atoms. The zero-order valence-electron chi connectivity index (χ0n) is 9.27. The first-order valence-electron chi connectivity index (χ1n) is 5.43. The summed E-state index contributed by atoms with van der Waals surface area (Å²) < 4.78 is 5.23. The number of rotatable bonds is 3. The molecule has 5 heteroatoms. The van der Waals surface area contributed by atoms with E-state index in [0.717, 1.165) is 19.6 Å². The molecule has 1 aromatic heterocycles. The summed E-state index contributed by atoms with van der Waals surface area (Å²) in [5.41, 5.74) is 0. The number of piperazine rings is 1. The zero-order chi connectivity index (χ0) is 11.5. The van der Waals surface area contributed by atoms with E-state index in [0.29, 0.717) is 18.3 Å². The van der Waals surface area contributed by atoms with Gasteiger partial charge in [0.2, 0.25) is 5.76 Å². The van der Waals surface area contributed by atoms with Gasteiger partial charge >= 0.3 is 5.97 Å². The molecule has 1 aliphatic rings. The average molecular weight is 224 g/mol. The SMILES string of the molecule is C[C@@H]1CNCCN1Cc1ccc(C(=O)O)o1. The Morgan fingerprint density at radius 1 is 1.69 bits per heavy atom. The number of carbonyl (C=O) groups is 1. The van der Waals surface area contributed by atoms with E-state index in [1.54, 1.807) is 6.07 Å². The monoisotopic (exact) mass is 224 g/mol. The number of hydrogen-bond acceptors (Lipinski definition) is 4. The van der Waals surface area contributed by atoms with Gasteiger partial charge in [0.1, 0.15) is 5.76 Å². The Kier molecular flexibility index (Phi) is 3.26. The van der Waals surface area contributed by atoms with Crippen LogP contribution in [-0.2, 0) is 6.54 Å².